The molecule has 2 heterocycles. The van der Waals surface area contributed by atoms with Crippen LogP contribution in [0.5, 0.6) is 0 Å². The number of pyridine rings is 1. The van der Waals surface area contributed by atoms with Crippen LogP contribution >= 0.6 is 0 Å². The molecule has 138 valence electrons. The van der Waals surface area contributed by atoms with Gasteiger partial charge in [0.2, 0.25) is 0 Å². The highest BCUT2D eigenvalue weighted by molar-refractivity contribution is 5.94. The summed E-state index contributed by atoms with van der Waals surface area (Å²) in [6, 6.07) is 14.4. The summed E-state index contributed by atoms with van der Waals surface area (Å²) in [5.41, 5.74) is 1.80. The van der Waals surface area contributed by atoms with Gasteiger partial charge in [-0.3, -0.25) is 4.79 Å². The number of nitrogens with zero attached hydrogens (tertiary/aromatic N) is 2. The maximum Gasteiger partial charge on any atom is 0.252 e. The molecule has 0 aliphatic carbocycles. The molecular weight excluding hydrogens is 324 g/mol. The van der Waals surface area contributed by atoms with Gasteiger partial charge in [0.25, 0.3) is 5.91 Å². The zero-order valence-electron chi connectivity index (χ0n) is 15.4. The van der Waals surface area contributed by atoms with E-state index in [4.69, 9.17) is 0 Å². The molecule has 1 amide bonds. The third-order valence-corrected chi connectivity index (χ3v) is 5.03. The largest absolute Gasteiger partial charge is 0.366 e. The van der Waals surface area contributed by atoms with Crippen molar-refractivity contribution in [3.63, 3.8) is 0 Å². The Labute approximate surface area is 155 Å². The molecule has 1 aliphatic heterocycles. The Kier molecular flexibility index (Phi) is 6.61. The molecule has 3 rings (SSSR count). The molecule has 0 unspecified atom stereocenters. The van der Waals surface area contributed by atoms with Gasteiger partial charge in [0.05, 0.1) is 5.56 Å². The number of hydrogen-bond donors (Lipinski definition) is 2. The summed E-state index contributed by atoms with van der Waals surface area (Å²) in [6.45, 7) is 2.59. The van der Waals surface area contributed by atoms with Crippen molar-refractivity contribution in [2.45, 2.75) is 38.3 Å². The van der Waals surface area contributed by atoms with Crippen LogP contribution in [0, 0.1) is 0 Å². The van der Waals surface area contributed by atoms with Crippen LogP contribution in [0.3, 0.4) is 0 Å². The molecule has 26 heavy (non-hydrogen) atoms. The summed E-state index contributed by atoms with van der Waals surface area (Å²) in [4.78, 5) is 19.0. The lowest BCUT2D eigenvalue weighted by molar-refractivity contribution is 0.0945. The predicted octanol–water partition coefficient (Wildman–Crippen LogP) is 3.30. The average molecular weight is 352 g/mol. The van der Waals surface area contributed by atoms with Crippen molar-refractivity contribution in [3.8, 4) is 0 Å². The fraction of sp³-hybridized carbons (Fsp3) is 0.429. The first-order valence-electron chi connectivity index (χ1n) is 9.44. The Morgan fingerprint density at radius 1 is 1.19 bits per heavy atom. The first kappa shape index (κ1) is 18.4. The van der Waals surface area contributed by atoms with Crippen LogP contribution in [-0.4, -0.2) is 42.0 Å². The Bertz CT molecular complexity index is 687. The van der Waals surface area contributed by atoms with E-state index in [0.29, 0.717) is 24.7 Å². The lowest BCUT2D eigenvalue weighted by Crippen LogP contribution is -2.39. The van der Waals surface area contributed by atoms with Gasteiger partial charge in [0.1, 0.15) is 5.82 Å². The smallest absolute Gasteiger partial charge is 0.252 e. The molecule has 1 saturated heterocycles. The van der Waals surface area contributed by atoms with Crippen LogP contribution in [0.2, 0.25) is 0 Å². The number of aromatic nitrogens is 1. The molecule has 5 nitrogen and oxygen atoms in total. The van der Waals surface area contributed by atoms with E-state index in [-0.39, 0.29) is 5.91 Å². The van der Waals surface area contributed by atoms with Crippen LogP contribution in [0.4, 0.5) is 5.82 Å². The van der Waals surface area contributed by atoms with E-state index in [1.54, 1.807) is 6.20 Å². The monoisotopic (exact) mass is 352 g/mol. The molecule has 0 spiro atoms. The van der Waals surface area contributed by atoms with Crippen molar-refractivity contribution >= 4 is 11.7 Å². The summed E-state index contributed by atoms with van der Waals surface area (Å²) >= 11 is 0. The van der Waals surface area contributed by atoms with Gasteiger partial charge in [-0.15, -0.1) is 0 Å². The fourth-order valence-corrected chi connectivity index (χ4v) is 3.38. The highest BCUT2D eigenvalue weighted by Crippen LogP contribution is 2.17. The van der Waals surface area contributed by atoms with Crippen molar-refractivity contribution in [1.29, 1.82) is 0 Å². The van der Waals surface area contributed by atoms with Gasteiger partial charge in [0.15, 0.2) is 0 Å². The SMILES string of the molecule is CN1CCCC[C@@H]1CCNC(=O)c1ccc(NCc2ccccc2)nc1. The Morgan fingerprint density at radius 2 is 2.04 bits per heavy atom. The van der Waals surface area contributed by atoms with E-state index in [9.17, 15) is 4.79 Å². The van der Waals surface area contributed by atoms with Crippen molar-refractivity contribution in [2.24, 2.45) is 0 Å². The van der Waals surface area contributed by atoms with Crippen molar-refractivity contribution in [2.75, 3.05) is 25.5 Å². The summed E-state index contributed by atoms with van der Waals surface area (Å²) in [7, 11) is 2.18. The van der Waals surface area contributed by atoms with Crippen LogP contribution in [0.1, 0.15) is 41.6 Å². The molecular formula is C21H28N4O. The number of rotatable bonds is 7. The first-order valence-corrected chi connectivity index (χ1v) is 9.44. The van der Waals surface area contributed by atoms with Gasteiger partial charge in [-0.05, 0) is 50.6 Å². The number of carbonyl (C=O) groups excluding carboxylic acids is 1. The summed E-state index contributed by atoms with van der Waals surface area (Å²) < 4.78 is 0. The topological polar surface area (TPSA) is 57.3 Å². The van der Waals surface area contributed by atoms with Crippen LogP contribution in [-0.2, 0) is 6.54 Å². The molecule has 5 heteroatoms. The molecule has 1 aromatic heterocycles. The lowest BCUT2D eigenvalue weighted by atomic mass is 10.0. The maximum atomic E-state index is 12.3. The molecule has 0 saturated carbocycles. The number of carbonyl (C=O) groups is 1. The fourth-order valence-electron chi connectivity index (χ4n) is 3.38. The zero-order valence-corrected chi connectivity index (χ0v) is 15.4. The molecule has 1 aliphatic rings. The number of hydrogen-bond acceptors (Lipinski definition) is 4. The number of anilines is 1. The maximum absolute atomic E-state index is 12.3. The van der Waals surface area contributed by atoms with Crippen molar-refractivity contribution in [1.82, 2.24) is 15.2 Å². The third kappa shape index (κ3) is 5.30. The quantitative estimate of drug-likeness (QED) is 0.803. The van der Waals surface area contributed by atoms with Gasteiger partial charge in [-0.1, -0.05) is 36.8 Å². The second-order valence-corrected chi connectivity index (χ2v) is 6.95. The second kappa shape index (κ2) is 9.34. The standard InChI is InChI=1S/C21H28N4O/c1-25-14-6-5-9-19(25)12-13-22-21(26)18-10-11-20(24-16-18)23-15-17-7-3-2-4-8-17/h2-4,7-8,10-11,16,19H,5-6,9,12-15H2,1H3,(H,22,26)(H,23,24)/t19-/m1/s1. The summed E-state index contributed by atoms with van der Waals surface area (Å²) in [6.07, 6.45) is 6.46. The number of benzene rings is 1. The van der Waals surface area contributed by atoms with E-state index >= 15 is 0 Å². The van der Waals surface area contributed by atoms with Crippen molar-refractivity contribution in [3.05, 3.63) is 59.8 Å². The van der Waals surface area contributed by atoms with E-state index in [2.05, 4.69) is 39.7 Å². The molecule has 2 N–H and O–H groups in total. The first-order chi connectivity index (χ1) is 12.7. The predicted molar refractivity (Wildman–Crippen MR) is 105 cm³/mol. The number of amides is 1. The minimum absolute atomic E-state index is 0.0504. The number of piperidine rings is 1. The van der Waals surface area contributed by atoms with Gasteiger partial charge in [-0.2, -0.15) is 0 Å². The molecule has 2 aromatic rings. The summed E-state index contributed by atoms with van der Waals surface area (Å²) in [5, 5.41) is 6.29. The Hall–Kier alpha value is -2.40. The Balaban J connectivity index is 1.43. The normalized spacial score (nSPS) is 17.7. The van der Waals surface area contributed by atoms with Crippen LogP contribution in [0.15, 0.2) is 48.7 Å². The Morgan fingerprint density at radius 3 is 2.77 bits per heavy atom. The van der Waals surface area contributed by atoms with E-state index in [1.807, 2.05) is 30.3 Å². The highest BCUT2D eigenvalue weighted by atomic mass is 16.1. The van der Waals surface area contributed by atoms with Gasteiger partial charge < -0.3 is 15.5 Å². The number of nitrogens with one attached hydrogen (secondary N) is 2. The van der Waals surface area contributed by atoms with Crippen LogP contribution < -0.4 is 10.6 Å². The minimum Gasteiger partial charge on any atom is -0.366 e. The lowest BCUT2D eigenvalue weighted by Gasteiger charge is -2.32. The van der Waals surface area contributed by atoms with E-state index in [0.717, 1.165) is 12.2 Å². The average Bonchev–Trinajstić information content (AvgIpc) is 2.69. The molecule has 1 atom stereocenters. The van der Waals surface area contributed by atoms with Gasteiger partial charge in [0, 0.05) is 25.3 Å². The molecule has 1 aromatic carbocycles. The molecule has 0 radical (unpaired) electrons. The molecule has 1 fully saturated rings. The third-order valence-electron chi connectivity index (χ3n) is 5.03. The highest BCUT2D eigenvalue weighted by Gasteiger charge is 2.18. The number of likely N-dealkylation sites (tertiary alicyclic amines) is 1. The zero-order chi connectivity index (χ0) is 18.2. The van der Waals surface area contributed by atoms with Gasteiger partial charge >= 0.3 is 0 Å². The summed E-state index contributed by atoms with van der Waals surface area (Å²) in [5.74, 6) is 0.722. The molecule has 0 bridgehead atoms. The van der Waals surface area contributed by atoms with Crippen molar-refractivity contribution < 1.29 is 4.79 Å². The van der Waals surface area contributed by atoms with Gasteiger partial charge in [-0.25, -0.2) is 4.98 Å². The minimum atomic E-state index is -0.0504. The second-order valence-electron chi connectivity index (χ2n) is 6.95. The van der Waals surface area contributed by atoms with E-state index in [1.165, 1.54) is 31.4 Å². The van der Waals surface area contributed by atoms with Crippen LogP contribution in [0.25, 0.3) is 0 Å². The van der Waals surface area contributed by atoms with E-state index < -0.39 is 0 Å².